The predicted octanol–water partition coefficient (Wildman–Crippen LogP) is 3.07. The summed E-state index contributed by atoms with van der Waals surface area (Å²) in [5.41, 5.74) is 0.681. The summed E-state index contributed by atoms with van der Waals surface area (Å²) in [6, 6.07) is 9.84. The molecule has 0 saturated carbocycles. The van der Waals surface area contributed by atoms with Gasteiger partial charge in [0.2, 0.25) is 12.7 Å². The molecule has 1 N–H and O–H groups in total. The van der Waals surface area contributed by atoms with Crippen molar-refractivity contribution in [1.82, 2.24) is 15.1 Å². The standard InChI is InChI=1S/C26H30FN3O5/c1-3-29(4-2)26(33)23(28-24(31)18-8-9-21-22(15-18)35-16-34-21)17-10-12-30(13-11-17)25(32)19-6-5-7-20(27)14-19/h5-9,14-15,17,23H,3-4,10-13,16H2,1-2H3,(H,28,31)/t23-/m1/s1. The zero-order chi connectivity index (χ0) is 24.9. The smallest absolute Gasteiger partial charge is 0.253 e. The number of nitrogens with zero attached hydrogens (tertiary/aromatic N) is 2. The number of benzene rings is 2. The van der Waals surface area contributed by atoms with Gasteiger partial charge in [-0.2, -0.15) is 0 Å². The molecule has 8 nitrogen and oxygen atoms in total. The van der Waals surface area contributed by atoms with Crippen LogP contribution in [0, 0.1) is 11.7 Å². The molecule has 0 aromatic heterocycles. The van der Waals surface area contributed by atoms with Gasteiger partial charge in [0.15, 0.2) is 11.5 Å². The number of fused-ring (bicyclic) bond motifs is 1. The Balaban J connectivity index is 1.47. The van der Waals surface area contributed by atoms with Crippen LogP contribution in [0.1, 0.15) is 47.4 Å². The number of carbonyl (C=O) groups excluding carboxylic acids is 3. The molecule has 2 aromatic carbocycles. The Kier molecular flexibility index (Phi) is 7.53. The first-order chi connectivity index (χ1) is 16.9. The van der Waals surface area contributed by atoms with E-state index in [1.54, 1.807) is 34.1 Å². The molecular formula is C26H30FN3O5. The fourth-order valence-corrected chi connectivity index (χ4v) is 4.62. The lowest BCUT2D eigenvalue weighted by Gasteiger charge is -2.37. The van der Waals surface area contributed by atoms with Crippen LogP contribution >= 0.6 is 0 Å². The summed E-state index contributed by atoms with van der Waals surface area (Å²) in [4.78, 5) is 42.7. The van der Waals surface area contributed by atoms with E-state index in [4.69, 9.17) is 9.47 Å². The van der Waals surface area contributed by atoms with Gasteiger partial charge in [0.05, 0.1) is 0 Å². The third-order valence-electron chi connectivity index (χ3n) is 6.63. The summed E-state index contributed by atoms with van der Waals surface area (Å²) in [5, 5.41) is 2.95. The molecule has 1 fully saturated rings. The van der Waals surface area contributed by atoms with E-state index < -0.39 is 11.9 Å². The van der Waals surface area contributed by atoms with Crippen LogP contribution in [0.5, 0.6) is 11.5 Å². The van der Waals surface area contributed by atoms with Crippen molar-refractivity contribution in [2.75, 3.05) is 33.0 Å². The van der Waals surface area contributed by atoms with Crippen LogP contribution in [0.2, 0.25) is 0 Å². The van der Waals surface area contributed by atoms with Crippen LogP contribution in [-0.4, -0.2) is 66.5 Å². The maximum absolute atomic E-state index is 13.6. The molecular weight excluding hydrogens is 453 g/mol. The molecule has 0 spiro atoms. The van der Waals surface area contributed by atoms with Crippen molar-refractivity contribution >= 4 is 17.7 Å². The highest BCUT2D eigenvalue weighted by Gasteiger charge is 2.36. The van der Waals surface area contributed by atoms with Crippen molar-refractivity contribution in [2.45, 2.75) is 32.7 Å². The van der Waals surface area contributed by atoms with Gasteiger partial charge >= 0.3 is 0 Å². The molecule has 2 aliphatic rings. The average molecular weight is 484 g/mol. The Morgan fingerprint density at radius 3 is 2.43 bits per heavy atom. The van der Waals surface area contributed by atoms with Gasteiger partial charge in [-0.3, -0.25) is 14.4 Å². The molecule has 186 valence electrons. The minimum Gasteiger partial charge on any atom is -0.454 e. The number of piperidine rings is 1. The Hall–Kier alpha value is -3.62. The van der Waals surface area contributed by atoms with E-state index in [0.717, 1.165) is 0 Å². The van der Waals surface area contributed by atoms with Gasteiger partial charge in [-0.05, 0) is 69.0 Å². The third-order valence-corrected chi connectivity index (χ3v) is 6.63. The Labute approximate surface area is 204 Å². The lowest BCUT2D eigenvalue weighted by Crippen LogP contribution is -2.54. The Bertz CT molecular complexity index is 1100. The van der Waals surface area contributed by atoms with E-state index >= 15 is 0 Å². The largest absolute Gasteiger partial charge is 0.454 e. The fourth-order valence-electron chi connectivity index (χ4n) is 4.62. The number of likely N-dealkylation sites (tertiary alicyclic amines) is 1. The first-order valence-corrected chi connectivity index (χ1v) is 11.9. The lowest BCUT2D eigenvalue weighted by molar-refractivity contribution is -0.134. The summed E-state index contributed by atoms with van der Waals surface area (Å²) in [7, 11) is 0. The number of hydrogen-bond donors (Lipinski definition) is 1. The molecule has 1 saturated heterocycles. The van der Waals surface area contributed by atoms with E-state index in [1.165, 1.54) is 18.2 Å². The van der Waals surface area contributed by atoms with Crippen molar-refractivity contribution in [3.05, 3.63) is 59.4 Å². The second-order valence-corrected chi connectivity index (χ2v) is 8.67. The molecule has 4 rings (SSSR count). The van der Waals surface area contributed by atoms with E-state index in [9.17, 15) is 18.8 Å². The number of nitrogens with one attached hydrogen (secondary N) is 1. The van der Waals surface area contributed by atoms with Crippen molar-refractivity contribution in [3.8, 4) is 11.5 Å². The summed E-state index contributed by atoms with van der Waals surface area (Å²) < 4.78 is 24.2. The molecule has 3 amide bonds. The average Bonchev–Trinajstić information content (AvgIpc) is 3.35. The number of rotatable bonds is 7. The molecule has 35 heavy (non-hydrogen) atoms. The number of hydrogen-bond acceptors (Lipinski definition) is 5. The highest BCUT2D eigenvalue weighted by Crippen LogP contribution is 2.32. The number of ether oxygens (including phenoxy) is 2. The van der Waals surface area contributed by atoms with E-state index in [-0.39, 0.29) is 30.4 Å². The van der Waals surface area contributed by atoms with Gasteiger partial charge < -0.3 is 24.6 Å². The van der Waals surface area contributed by atoms with Gasteiger partial charge in [-0.1, -0.05) is 6.07 Å². The molecule has 9 heteroatoms. The minimum atomic E-state index is -0.723. The first-order valence-electron chi connectivity index (χ1n) is 11.9. The van der Waals surface area contributed by atoms with Gasteiger partial charge in [-0.15, -0.1) is 0 Å². The second kappa shape index (κ2) is 10.8. The summed E-state index contributed by atoms with van der Waals surface area (Å²) in [6.45, 7) is 5.81. The lowest BCUT2D eigenvalue weighted by atomic mass is 9.87. The zero-order valence-electron chi connectivity index (χ0n) is 20.0. The van der Waals surface area contributed by atoms with Crippen LogP contribution in [0.15, 0.2) is 42.5 Å². The van der Waals surface area contributed by atoms with E-state index in [1.807, 2.05) is 13.8 Å². The summed E-state index contributed by atoms with van der Waals surface area (Å²) >= 11 is 0. The van der Waals surface area contributed by atoms with Gasteiger partial charge in [-0.25, -0.2) is 4.39 Å². The molecule has 0 aliphatic carbocycles. The highest BCUT2D eigenvalue weighted by atomic mass is 19.1. The van der Waals surface area contributed by atoms with Crippen LogP contribution in [-0.2, 0) is 4.79 Å². The Morgan fingerprint density at radius 2 is 1.74 bits per heavy atom. The number of carbonyl (C=O) groups is 3. The second-order valence-electron chi connectivity index (χ2n) is 8.67. The summed E-state index contributed by atoms with van der Waals surface area (Å²) in [6.07, 6.45) is 1.08. The molecule has 2 aromatic rings. The topological polar surface area (TPSA) is 88.2 Å². The van der Waals surface area contributed by atoms with Crippen molar-refractivity contribution < 1.29 is 28.2 Å². The normalized spacial score (nSPS) is 16.0. The van der Waals surface area contributed by atoms with Gasteiger partial charge in [0.25, 0.3) is 11.8 Å². The zero-order valence-corrected chi connectivity index (χ0v) is 20.0. The van der Waals surface area contributed by atoms with Gasteiger partial charge in [0.1, 0.15) is 11.9 Å². The van der Waals surface area contributed by atoms with E-state index in [2.05, 4.69) is 5.32 Å². The SMILES string of the molecule is CCN(CC)C(=O)[C@H](NC(=O)c1ccc2c(c1)OCO2)C1CCN(C(=O)c2cccc(F)c2)CC1. The number of halogens is 1. The molecule has 1 atom stereocenters. The maximum Gasteiger partial charge on any atom is 0.253 e. The Morgan fingerprint density at radius 1 is 1.03 bits per heavy atom. The van der Waals surface area contributed by atoms with Crippen LogP contribution in [0.3, 0.4) is 0 Å². The quantitative estimate of drug-likeness (QED) is 0.654. The molecule has 2 heterocycles. The highest BCUT2D eigenvalue weighted by molar-refractivity contribution is 5.98. The predicted molar refractivity (Wildman–Crippen MR) is 127 cm³/mol. The number of likely N-dealkylation sites (N-methyl/N-ethyl adjacent to an activating group) is 1. The van der Waals surface area contributed by atoms with Gasteiger partial charge in [0, 0.05) is 37.3 Å². The molecule has 2 aliphatic heterocycles. The van der Waals surface area contributed by atoms with Crippen molar-refractivity contribution in [1.29, 1.82) is 0 Å². The molecule has 0 radical (unpaired) electrons. The summed E-state index contributed by atoms with van der Waals surface area (Å²) in [5.74, 6) is -0.273. The molecule has 0 unspecified atom stereocenters. The van der Waals surface area contributed by atoms with E-state index in [0.29, 0.717) is 61.6 Å². The van der Waals surface area contributed by atoms with Crippen LogP contribution < -0.4 is 14.8 Å². The third kappa shape index (κ3) is 5.39. The fraction of sp³-hybridized carbons (Fsp3) is 0.423. The first kappa shape index (κ1) is 24.5. The van der Waals surface area contributed by atoms with Crippen molar-refractivity contribution in [3.63, 3.8) is 0 Å². The monoisotopic (exact) mass is 483 g/mol. The van der Waals surface area contributed by atoms with Crippen molar-refractivity contribution in [2.24, 2.45) is 5.92 Å². The molecule has 0 bridgehead atoms. The van der Waals surface area contributed by atoms with Crippen LogP contribution in [0.25, 0.3) is 0 Å². The maximum atomic E-state index is 13.6. The number of amides is 3. The minimum absolute atomic E-state index is 0.108. The van der Waals surface area contributed by atoms with Crippen LogP contribution in [0.4, 0.5) is 4.39 Å².